The van der Waals surface area contributed by atoms with Gasteiger partial charge in [-0.2, -0.15) is 0 Å². The fourth-order valence-electron chi connectivity index (χ4n) is 2.83. The Hall–Kier alpha value is -3.41. The van der Waals surface area contributed by atoms with E-state index in [-0.39, 0.29) is 16.1 Å². The molecule has 11 heteroatoms. The predicted octanol–water partition coefficient (Wildman–Crippen LogP) is 3.73. The number of carbonyl (C=O) groups is 2. The number of carbonyl (C=O) groups excluding carboxylic acids is 2. The second-order valence-electron chi connectivity index (χ2n) is 6.79. The molecule has 0 bridgehead atoms. The molecule has 0 aliphatic heterocycles. The summed E-state index contributed by atoms with van der Waals surface area (Å²) >= 11 is 4.17. The van der Waals surface area contributed by atoms with Gasteiger partial charge in [0.15, 0.2) is 9.84 Å². The summed E-state index contributed by atoms with van der Waals surface area (Å²) in [6.45, 7) is -0.514. The minimum atomic E-state index is -3.67. The maximum Gasteiger partial charge on any atom is 0.336 e. The van der Waals surface area contributed by atoms with Crippen molar-refractivity contribution in [1.82, 2.24) is 0 Å². The van der Waals surface area contributed by atoms with Crippen molar-refractivity contribution in [2.75, 3.05) is 27.3 Å². The molecule has 3 aromatic rings. The second kappa shape index (κ2) is 10.5. The highest BCUT2D eigenvalue weighted by atomic mass is 32.2. The van der Waals surface area contributed by atoms with Gasteiger partial charge in [0.25, 0.3) is 5.91 Å². The van der Waals surface area contributed by atoms with Gasteiger partial charge in [-0.05, 0) is 54.6 Å². The van der Waals surface area contributed by atoms with Gasteiger partial charge in [-0.3, -0.25) is 4.79 Å². The van der Waals surface area contributed by atoms with E-state index >= 15 is 0 Å². The van der Waals surface area contributed by atoms with E-state index in [0.29, 0.717) is 11.4 Å². The number of halogens is 1. The molecule has 3 aromatic carbocycles. The molecule has 0 aliphatic carbocycles. The van der Waals surface area contributed by atoms with E-state index in [1.54, 1.807) is 6.07 Å². The van der Waals surface area contributed by atoms with Gasteiger partial charge in [0, 0.05) is 11.4 Å². The zero-order valence-corrected chi connectivity index (χ0v) is 18.8. The lowest BCUT2D eigenvalue weighted by atomic mass is 10.2. The Morgan fingerprint density at radius 1 is 0.939 bits per heavy atom. The molecule has 172 valence electrons. The van der Waals surface area contributed by atoms with Crippen molar-refractivity contribution in [3.8, 4) is 0 Å². The van der Waals surface area contributed by atoms with Crippen LogP contribution in [-0.4, -0.2) is 37.8 Å². The lowest BCUT2D eigenvalue weighted by Gasteiger charge is -2.17. The Labute approximate surface area is 195 Å². The van der Waals surface area contributed by atoms with Crippen molar-refractivity contribution in [1.29, 1.82) is 0 Å². The summed E-state index contributed by atoms with van der Waals surface area (Å²) in [5, 5.41) is 14.0. The van der Waals surface area contributed by atoms with Crippen LogP contribution >= 0.6 is 12.8 Å². The van der Waals surface area contributed by atoms with Crippen LogP contribution in [0.4, 0.5) is 26.2 Å². The number of sulfone groups is 1. The number of rotatable bonds is 7. The number of urea groups is 1. The average Bonchev–Trinajstić information content (AvgIpc) is 2.79. The molecule has 3 amide bonds. The number of aliphatic hydroxyl groups is 1. The highest BCUT2D eigenvalue weighted by molar-refractivity contribution is 7.91. The van der Waals surface area contributed by atoms with Crippen molar-refractivity contribution in [3.63, 3.8) is 0 Å². The SMILES string of the molecule is O=C(Nc1ccc(N(S)C(=O)Nc2cccc(S(=O)(=O)CCO)c2)cc1)c1ccccc1F. The first-order chi connectivity index (χ1) is 15.7. The van der Waals surface area contributed by atoms with Crippen molar-refractivity contribution >= 4 is 51.7 Å². The molecule has 0 aliphatic rings. The molecule has 0 saturated heterocycles. The average molecular weight is 490 g/mol. The van der Waals surface area contributed by atoms with Gasteiger partial charge >= 0.3 is 6.03 Å². The fourth-order valence-corrected chi connectivity index (χ4v) is 4.08. The normalized spacial score (nSPS) is 11.0. The van der Waals surface area contributed by atoms with Gasteiger partial charge in [-0.1, -0.05) is 31.0 Å². The van der Waals surface area contributed by atoms with Crippen LogP contribution < -0.4 is 14.9 Å². The number of aliphatic hydroxyl groups excluding tert-OH is 1. The van der Waals surface area contributed by atoms with E-state index in [9.17, 15) is 22.4 Å². The third kappa shape index (κ3) is 6.09. The molecule has 3 rings (SSSR count). The van der Waals surface area contributed by atoms with Crippen molar-refractivity contribution in [2.45, 2.75) is 4.90 Å². The maximum absolute atomic E-state index is 13.7. The molecule has 8 nitrogen and oxygen atoms in total. The van der Waals surface area contributed by atoms with E-state index < -0.39 is 40.0 Å². The van der Waals surface area contributed by atoms with Crippen LogP contribution in [0.5, 0.6) is 0 Å². The molecule has 0 spiro atoms. The quantitative estimate of drug-likeness (QED) is 0.378. The van der Waals surface area contributed by atoms with Crippen LogP contribution in [0.3, 0.4) is 0 Å². The molecule has 0 unspecified atom stereocenters. The fraction of sp³-hybridized carbons (Fsp3) is 0.0909. The predicted molar refractivity (Wildman–Crippen MR) is 127 cm³/mol. The summed E-state index contributed by atoms with van der Waals surface area (Å²) < 4.78 is 38.9. The lowest BCUT2D eigenvalue weighted by molar-refractivity contribution is 0.102. The Morgan fingerprint density at radius 2 is 1.64 bits per heavy atom. The molecule has 0 fully saturated rings. The number of anilines is 3. The third-order valence-corrected chi connectivity index (χ3v) is 6.59. The van der Waals surface area contributed by atoms with E-state index in [1.807, 2.05) is 0 Å². The van der Waals surface area contributed by atoms with Crippen molar-refractivity contribution in [2.24, 2.45) is 0 Å². The Kier molecular flexibility index (Phi) is 7.69. The first-order valence-electron chi connectivity index (χ1n) is 9.61. The van der Waals surface area contributed by atoms with Gasteiger partial charge in [-0.15, -0.1) is 0 Å². The van der Waals surface area contributed by atoms with Gasteiger partial charge in [0.05, 0.1) is 28.5 Å². The minimum Gasteiger partial charge on any atom is -0.395 e. The lowest BCUT2D eigenvalue weighted by Crippen LogP contribution is -2.26. The van der Waals surface area contributed by atoms with Gasteiger partial charge in [0.1, 0.15) is 5.82 Å². The van der Waals surface area contributed by atoms with Crippen molar-refractivity contribution < 1.29 is 27.5 Å². The first kappa shape index (κ1) is 24.2. The summed E-state index contributed by atoms with van der Waals surface area (Å²) in [7, 11) is -3.67. The van der Waals surface area contributed by atoms with E-state index in [0.717, 1.165) is 4.31 Å². The number of nitrogens with zero attached hydrogens (tertiary/aromatic N) is 1. The Morgan fingerprint density at radius 3 is 2.30 bits per heavy atom. The summed E-state index contributed by atoms with van der Waals surface area (Å²) in [6.07, 6.45) is 0. The topological polar surface area (TPSA) is 116 Å². The molecule has 0 atom stereocenters. The minimum absolute atomic E-state index is 0.0324. The number of hydrogen-bond acceptors (Lipinski definition) is 6. The maximum atomic E-state index is 13.7. The first-order valence-corrected chi connectivity index (χ1v) is 11.7. The highest BCUT2D eigenvalue weighted by Gasteiger charge is 2.17. The van der Waals surface area contributed by atoms with Gasteiger partial charge in [0.2, 0.25) is 0 Å². The molecular formula is C22H20FN3O5S2. The van der Waals surface area contributed by atoms with Crippen LogP contribution in [0.2, 0.25) is 0 Å². The summed E-state index contributed by atoms with van der Waals surface area (Å²) in [4.78, 5) is 24.7. The van der Waals surface area contributed by atoms with Crippen LogP contribution in [0.1, 0.15) is 10.4 Å². The number of amides is 3. The molecule has 0 saturated carbocycles. The van der Waals surface area contributed by atoms with Crippen molar-refractivity contribution in [3.05, 3.63) is 84.2 Å². The summed E-state index contributed by atoms with van der Waals surface area (Å²) in [6, 6.07) is 16.6. The zero-order chi connectivity index (χ0) is 24.0. The Balaban J connectivity index is 1.67. The standard InChI is InChI=1S/C22H20FN3O5S2/c23-20-7-2-1-6-19(20)21(28)24-15-8-10-17(11-9-15)26(32)22(29)25-16-4-3-5-18(14-16)33(30,31)13-12-27/h1-11,14,27,32H,12-13H2,(H,24,28)(H,25,29). The second-order valence-corrected chi connectivity index (χ2v) is 9.30. The third-order valence-electron chi connectivity index (χ3n) is 4.49. The Bertz CT molecular complexity index is 1270. The molecule has 33 heavy (non-hydrogen) atoms. The largest absolute Gasteiger partial charge is 0.395 e. The smallest absolute Gasteiger partial charge is 0.336 e. The van der Waals surface area contributed by atoms with Gasteiger partial charge in [-0.25, -0.2) is 21.9 Å². The number of benzene rings is 3. The van der Waals surface area contributed by atoms with Crippen LogP contribution in [0, 0.1) is 5.82 Å². The summed E-state index contributed by atoms with van der Waals surface area (Å²) in [5.41, 5.74) is 0.881. The highest BCUT2D eigenvalue weighted by Crippen LogP contribution is 2.23. The number of nitrogens with one attached hydrogen (secondary N) is 2. The summed E-state index contributed by atoms with van der Waals surface area (Å²) in [5.74, 6) is -1.68. The van der Waals surface area contributed by atoms with E-state index in [1.165, 1.54) is 66.7 Å². The monoisotopic (exact) mass is 489 g/mol. The molecule has 0 heterocycles. The molecular weight excluding hydrogens is 469 g/mol. The number of thiol groups is 1. The van der Waals surface area contributed by atoms with Crippen LogP contribution in [0.15, 0.2) is 77.7 Å². The van der Waals surface area contributed by atoms with Gasteiger partial charge < -0.3 is 15.7 Å². The molecule has 0 radical (unpaired) electrons. The number of hydrogen-bond donors (Lipinski definition) is 4. The van der Waals surface area contributed by atoms with E-state index in [4.69, 9.17) is 5.11 Å². The van der Waals surface area contributed by atoms with Crippen LogP contribution in [0.25, 0.3) is 0 Å². The molecule has 0 aromatic heterocycles. The zero-order valence-electron chi connectivity index (χ0n) is 17.1. The molecule has 3 N–H and O–H groups in total. The van der Waals surface area contributed by atoms with Crippen LogP contribution in [-0.2, 0) is 9.84 Å². The van der Waals surface area contributed by atoms with E-state index in [2.05, 4.69) is 23.4 Å².